The van der Waals surface area contributed by atoms with Crippen LogP contribution < -0.4 is 16.0 Å². The first-order valence-corrected chi connectivity index (χ1v) is 17.4. The summed E-state index contributed by atoms with van der Waals surface area (Å²) in [6, 6.07) is 19.4. The van der Waals surface area contributed by atoms with Crippen LogP contribution in [0, 0.1) is 5.92 Å². The number of aliphatic carboxylic acids is 1. The van der Waals surface area contributed by atoms with Crippen molar-refractivity contribution in [3.8, 4) is 11.1 Å². The molecule has 1 aliphatic carbocycles. The minimum atomic E-state index is -1.57. The zero-order valence-corrected chi connectivity index (χ0v) is 30.0. The maximum absolute atomic E-state index is 14.0. The van der Waals surface area contributed by atoms with Gasteiger partial charge >= 0.3 is 18.0 Å². The summed E-state index contributed by atoms with van der Waals surface area (Å²) in [5.41, 5.74) is 4.87. The number of H-pyrrole nitrogens is 1. The second-order valence-corrected chi connectivity index (χ2v) is 14.5. The number of esters is 1. The molecule has 5 N–H and O–H groups in total. The van der Waals surface area contributed by atoms with Gasteiger partial charge in [0.25, 0.3) is 0 Å². The second-order valence-electron chi connectivity index (χ2n) is 14.5. The molecule has 1 heterocycles. The highest BCUT2D eigenvalue weighted by Gasteiger charge is 2.34. The van der Waals surface area contributed by atoms with Crippen molar-refractivity contribution in [3.05, 3.63) is 95.7 Å². The summed E-state index contributed by atoms with van der Waals surface area (Å²) in [6.07, 6.45) is 0.313. The number of fused-ring (bicyclic) bond motifs is 4. The van der Waals surface area contributed by atoms with Gasteiger partial charge in [-0.15, -0.1) is 0 Å². The first-order valence-electron chi connectivity index (χ1n) is 17.4. The van der Waals surface area contributed by atoms with Gasteiger partial charge < -0.3 is 35.5 Å². The summed E-state index contributed by atoms with van der Waals surface area (Å²) < 4.78 is 11.2. The molecule has 12 nitrogen and oxygen atoms in total. The molecular formula is C40H46N4O8. The molecule has 3 aromatic carbocycles. The maximum atomic E-state index is 14.0. The lowest BCUT2D eigenvalue weighted by Crippen LogP contribution is -2.57. The van der Waals surface area contributed by atoms with Crippen LogP contribution in [0.2, 0.25) is 0 Å². The molecule has 1 aliphatic rings. The van der Waals surface area contributed by atoms with Crippen LogP contribution in [-0.2, 0) is 35.1 Å². The van der Waals surface area contributed by atoms with Crippen LogP contribution in [0.15, 0.2) is 79.0 Å². The van der Waals surface area contributed by atoms with Crippen molar-refractivity contribution < 1.29 is 38.6 Å². The molecule has 3 amide bonds. The Morgan fingerprint density at radius 1 is 0.788 bits per heavy atom. The average molecular weight is 711 g/mol. The number of ether oxygens (including phenoxy) is 2. The molecule has 0 fully saturated rings. The van der Waals surface area contributed by atoms with Crippen LogP contribution in [0.5, 0.6) is 0 Å². The van der Waals surface area contributed by atoms with Crippen LogP contribution >= 0.6 is 0 Å². The predicted molar refractivity (Wildman–Crippen MR) is 195 cm³/mol. The number of carbonyl (C=O) groups excluding carboxylic acids is 4. The summed E-state index contributed by atoms with van der Waals surface area (Å²) in [4.78, 5) is 69.0. The number of amides is 3. The molecule has 0 aliphatic heterocycles. The van der Waals surface area contributed by atoms with E-state index in [2.05, 4.69) is 20.9 Å². The first-order chi connectivity index (χ1) is 24.7. The molecule has 0 saturated carbocycles. The lowest BCUT2D eigenvalue weighted by atomic mass is 9.98. The van der Waals surface area contributed by atoms with E-state index in [-0.39, 0.29) is 31.3 Å². The molecule has 0 bridgehead atoms. The Morgan fingerprint density at radius 3 is 1.98 bits per heavy atom. The quantitative estimate of drug-likeness (QED) is 0.107. The Kier molecular flexibility index (Phi) is 11.7. The highest BCUT2D eigenvalue weighted by molar-refractivity contribution is 5.95. The lowest BCUT2D eigenvalue weighted by Gasteiger charge is -2.27. The number of carboxylic acids is 1. The number of benzene rings is 3. The van der Waals surface area contributed by atoms with Crippen molar-refractivity contribution in [2.75, 3.05) is 6.61 Å². The van der Waals surface area contributed by atoms with Crippen molar-refractivity contribution in [1.82, 2.24) is 20.9 Å². The van der Waals surface area contributed by atoms with Crippen LogP contribution in [0.3, 0.4) is 0 Å². The van der Waals surface area contributed by atoms with E-state index in [1.165, 1.54) is 0 Å². The third-order valence-corrected chi connectivity index (χ3v) is 8.78. The number of alkyl carbamates (subject to hydrolysis) is 1. The first kappa shape index (κ1) is 37.6. The van der Waals surface area contributed by atoms with E-state index < -0.39 is 60.0 Å². The fourth-order valence-electron chi connectivity index (χ4n) is 6.50. The Morgan fingerprint density at radius 2 is 1.37 bits per heavy atom. The fraction of sp³-hybridized carbons (Fsp3) is 0.375. The van der Waals surface area contributed by atoms with Crippen molar-refractivity contribution >= 4 is 40.7 Å². The van der Waals surface area contributed by atoms with E-state index in [1.807, 2.05) is 86.6 Å². The standard InChI is InChI=1S/C40H46N4O8/c1-23(2)18-34(38(49)52-40(3,4)5)43-37(48)33(20-35(45)46)42-36(47)32(19-24-21-41-31-17-11-10-12-25(24)31)44-39(50)51-22-30-28-15-8-6-13-26(28)27-14-7-9-16-29(27)30/h6-17,21,23,30,32-34,41H,18-20,22H2,1-5H3,(H,42,47)(H,43,48)(H,44,50)(H,45,46)/t32-,33-,34-/m0/s1. The van der Waals surface area contributed by atoms with Crippen LogP contribution in [0.4, 0.5) is 4.79 Å². The summed E-state index contributed by atoms with van der Waals surface area (Å²) >= 11 is 0. The normalized spacial score (nSPS) is 14.1. The minimum absolute atomic E-state index is 0.00463. The molecule has 3 atom stereocenters. The number of aromatic amines is 1. The van der Waals surface area contributed by atoms with Gasteiger partial charge in [0.05, 0.1) is 6.42 Å². The Labute approximate surface area is 302 Å². The highest BCUT2D eigenvalue weighted by atomic mass is 16.6. The zero-order valence-electron chi connectivity index (χ0n) is 30.0. The Balaban J connectivity index is 1.35. The number of nitrogens with one attached hydrogen (secondary N) is 4. The van der Waals surface area contributed by atoms with Gasteiger partial charge in [-0.05, 0) is 67.0 Å². The van der Waals surface area contributed by atoms with E-state index in [4.69, 9.17) is 9.47 Å². The van der Waals surface area contributed by atoms with Crippen LogP contribution in [0.25, 0.3) is 22.0 Å². The van der Waals surface area contributed by atoms with Gasteiger partial charge in [-0.3, -0.25) is 14.4 Å². The van der Waals surface area contributed by atoms with Crippen LogP contribution in [0.1, 0.15) is 70.1 Å². The third kappa shape index (κ3) is 9.36. The zero-order chi connectivity index (χ0) is 37.6. The van der Waals surface area contributed by atoms with Crippen molar-refractivity contribution in [2.45, 2.75) is 83.5 Å². The third-order valence-electron chi connectivity index (χ3n) is 8.78. The Hall–Kier alpha value is -5.65. The highest BCUT2D eigenvalue weighted by Crippen LogP contribution is 2.44. The van der Waals surface area contributed by atoms with Gasteiger partial charge in [0.2, 0.25) is 11.8 Å². The molecule has 12 heteroatoms. The van der Waals surface area contributed by atoms with E-state index in [1.54, 1.807) is 27.0 Å². The molecule has 52 heavy (non-hydrogen) atoms. The van der Waals surface area contributed by atoms with Crippen LogP contribution in [-0.4, -0.2) is 70.3 Å². The van der Waals surface area contributed by atoms with Gasteiger partial charge in [0.15, 0.2) is 0 Å². The monoisotopic (exact) mass is 710 g/mol. The fourth-order valence-corrected chi connectivity index (χ4v) is 6.50. The van der Waals surface area contributed by atoms with E-state index >= 15 is 0 Å². The predicted octanol–water partition coefficient (Wildman–Crippen LogP) is 5.45. The SMILES string of the molecule is CC(C)C[C@H](NC(=O)[C@H](CC(=O)O)NC(=O)[C@H](Cc1c[nH]c2ccccc12)NC(=O)OCC1c2ccccc2-c2ccccc21)C(=O)OC(C)(C)C. The molecule has 1 aromatic heterocycles. The summed E-state index contributed by atoms with van der Waals surface area (Å²) in [6.45, 7) is 8.83. The number of hydrogen-bond donors (Lipinski definition) is 5. The molecule has 0 saturated heterocycles. The molecule has 0 radical (unpaired) electrons. The summed E-state index contributed by atoms with van der Waals surface area (Å²) in [5, 5.41) is 18.3. The lowest BCUT2D eigenvalue weighted by molar-refractivity contribution is -0.159. The number of carboxylic acid groups (broad SMARTS) is 1. The van der Waals surface area contributed by atoms with Gasteiger partial charge in [-0.2, -0.15) is 0 Å². The van der Waals surface area contributed by atoms with E-state index in [9.17, 15) is 29.1 Å². The topological polar surface area (TPSA) is 176 Å². The number of carbonyl (C=O) groups is 5. The summed E-state index contributed by atoms with van der Waals surface area (Å²) in [5.74, 6) is -3.95. The molecule has 274 valence electrons. The van der Waals surface area contributed by atoms with E-state index in [0.717, 1.165) is 33.2 Å². The molecule has 0 unspecified atom stereocenters. The number of hydrogen-bond acceptors (Lipinski definition) is 7. The molecular weight excluding hydrogens is 664 g/mol. The molecule has 4 aromatic rings. The van der Waals surface area contributed by atoms with Gasteiger partial charge in [-0.1, -0.05) is 80.6 Å². The minimum Gasteiger partial charge on any atom is -0.481 e. The van der Waals surface area contributed by atoms with Gasteiger partial charge in [0.1, 0.15) is 30.3 Å². The van der Waals surface area contributed by atoms with Gasteiger partial charge in [-0.25, -0.2) is 9.59 Å². The van der Waals surface area contributed by atoms with Crippen molar-refractivity contribution in [1.29, 1.82) is 0 Å². The molecule has 0 spiro atoms. The Bertz CT molecular complexity index is 1900. The summed E-state index contributed by atoms with van der Waals surface area (Å²) in [7, 11) is 0. The average Bonchev–Trinajstić information content (AvgIpc) is 3.64. The number of aromatic nitrogens is 1. The van der Waals surface area contributed by atoms with Crippen molar-refractivity contribution in [3.63, 3.8) is 0 Å². The number of rotatable bonds is 14. The largest absolute Gasteiger partial charge is 0.481 e. The van der Waals surface area contributed by atoms with Gasteiger partial charge in [0, 0.05) is 29.4 Å². The smallest absolute Gasteiger partial charge is 0.407 e. The van der Waals surface area contributed by atoms with Crippen molar-refractivity contribution in [2.24, 2.45) is 5.92 Å². The maximum Gasteiger partial charge on any atom is 0.407 e. The second kappa shape index (κ2) is 16.1. The van der Waals surface area contributed by atoms with E-state index in [0.29, 0.717) is 5.56 Å². The number of para-hydroxylation sites is 1. The molecule has 5 rings (SSSR count).